The number of rotatable bonds is 0. The number of nitrogens with zero attached hydrogens (tertiary/aromatic N) is 2. The maximum atomic E-state index is 5.75. The lowest BCUT2D eigenvalue weighted by Crippen LogP contribution is -2.32. The van der Waals surface area contributed by atoms with Crippen LogP contribution in [0.3, 0.4) is 0 Å². The van der Waals surface area contributed by atoms with Crippen LogP contribution in [0.2, 0.25) is 0 Å². The summed E-state index contributed by atoms with van der Waals surface area (Å²) >= 11 is 5.75. The van der Waals surface area contributed by atoms with Gasteiger partial charge in [0.25, 0.3) is 0 Å². The predicted octanol–water partition coefficient (Wildman–Crippen LogP) is 0.377. The van der Waals surface area contributed by atoms with Crippen LogP contribution in [0.15, 0.2) is 5.10 Å². The fourth-order valence-corrected chi connectivity index (χ4v) is 0.634. The van der Waals surface area contributed by atoms with E-state index in [0.29, 0.717) is 0 Å². The largest absolute Gasteiger partial charge is 0.239 e. The van der Waals surface area contributed by atoms with Crippen molar-refractivity contribution in [3.05, 3.63) is 0 Å². The zero-order valence-electron chi connectivity index (χ0n) is 4.85. The Hall–Kier alpha value is -0.280. The molecule has 0 aromatic rings. The monoisotopic (exact) mass is 133 g/mol. The molecule has 8 heavy (non-hydrogen) atoms. The first kappa shape index (κ1) is 5.85. The van der Waals surface area contributed by atoms with Crippen molar-refractivity contribution in [2.24, 2.45) is 5.10 Å². The second-order valence-electron chi connectivity index (χ2n) is 1.80. The van der Waals surface area contributed by atoms with Gasteiger partial charge >= 0.3 is 0 Å². The van der Waals surface area contributed by atoms with E-state index < -0.39 is 0 Å². The minimum Gasteiger partial charge on any atom is -0.239 e. The highest BCUT2D eigenvalue weighted by Gasteiger charge is 2.18. The minimum absolute atomic E-state index is 0.0741. The summed E-state index contributed by atoms with van der Waals surface area (Å²) in [6, 6.07) is 0. The first-order valence-corrected chi connectivity index (χ1v) is 2.82. The molecule has 0 aliphatic carbocycles. The lowest BCUT2D eigenvalue weighted by Gasteiger charge is -2.10. The van der Waals surface area contributed by atoms with Crippen LogP contribution in [-0.2, 0) is 0 Å². The standard InChI is InChI=1S/C4H8ClN3/c1-3-4(5)8(2)7-6-3/h4,7H,1-2H3. The molecule has 1 N–H and O–H groups in total. The van der Waals surface area contributed by atoms with Crippen LogP contribution in [0, 0.1) is 0 Å². The molecule has 1 atom stereocenters. The third-order valence-corrected chi connectivity index (χ3v) is 1.68. The Morgan fingerprint density at radius 1 is 1.88 bits per heavy atom. The molecule has 3 nitrogen and oxygen atoms in total. The van der Waals surface area contributed by atoms with E-state index in [1.807, 2.05) is 14.0 Å². The summed E-state index contributed by atoms with van der Waals surface area (Å²) in [4.78, 5) is 0. The van der Waals surface area contributed by atoms with Crippen molar-refractivity contribution in [3.8, 4) is 0 Å². The average Bonchev–Trinajstić information content (AvgIpc) is 1.98. The molecule has 1 rings (SSSR count). The molecule has 4 heteroatoms. The summed E-state index contributed by atoms with van der Waals surface area (Å²) in [7, 11) is 1.84. The Morgan fingerprint density at radius 2 is 2.50 bits per heavy atom. The van der Waals surface area contributed by atoms with Crippen molar-refractivity contribution in [3.63, 3.8) is 0 Å². The third kappa shape index (κ3) is 0.788. The predicted molar refractivity (Wildman–Crippen MR) is 33.6 cm³/mol. The van der Waals surface area contributed by atoms with Crippen LogP contribution in [0.25, 0.3) is 0 Å². The first-order valence-electron chi connectivity index (χ1n) is 2.38. The van der Waals surface area contributed by atoms with E-state index in [9.17, 15) is 0 Å². The molecule has 0 fully saturated rings. The molecule has 0 saturated heterocycles. The summed E-state index contributed by atoms with van der Waals surface area (Å²) in [5.74, 6) is 0. The van der Waals surface area contributed by atoms with E-state index in [-0.39, 0.29) is 5.50 Å². The summed E-state index contributed by atoms with van der Waals surface area (Å²) in [5, 5.41) is 5.59. The van der Waals surface area contributed by atoms with Crippen LogP contribution < -0.4 is 5.53 Å². The van der Waals surface area contributed by atoms with Crippen molar-refractivity contribution in [2.45, 2.75) is 12.4 Å². The van der Waals surface area contributed by atoms with E-state index in [2.05, 4.69) is 10.6 Å². The zero-order valence-corrected chi connectivity index (χ0v) is 5.61. The molecule has 0 bridgehead atoms. The second-order valence-corrected chi connectivity index (χ2v) is 2.21. The van der Waals surface area contributed by atoms with Gasteiger partial charge in [-0.25, -0.2) is 5.53 Å². The fraction of sp³-hybridized carbons (Fsp3) is 0.750. The molecule has 1 aliphatic rings. The number of hydrogen-bond donors (Lipinski definition) is 1. The highest BCUT2D eigenvalue weighted by atomic mass is 35.5. The smallest absolute Gasteiger partial charge is 0.143 e. The third-order valence-electron chi connectivity index (χ3n) is 1.07. The Bertz CT molecular complexity index is 122. The SMILES string of the molecule is CC1=NNN(C)C1Cl. The summed E-state index contributed by atoms with van der Waals surface area (Å²) < 4.78 is 0. The molecule has 0 radical (unpaired) electrons. The van der Waals surface area contributed by atoms with Gasteiger partial charge in [0.1, 0.15) is 5.50 Å². The lowest BCUT2D eigenvalue weighted by atomic mass is 10.4. The summed E-state index contributed by atoms with van der Waals surface area (Å²) in [6.45, 7) is 1.88. The van der Waals surface area contributed by atoms with Gasteiger partial charge in [-0.3, -0.25) is 0 Å². The van der Waals surface area contributed by atoms with E-state index >= 15 is 0 Å². The first-order chi connectivity index (χ1) is 3.72. The molecule has 1 heterocycles. The second kappa shape index (κ2) is 1.91. The molecule has 0 spiro atoms. The molecule has 0 amide bonds. The van der Waals surface area contributed by atoms with Crippen molar-refractivity contribution in [1.82, 2.24) is 10.5 Å². The molecular formula is C4H8ClN3. The number of hydrazone groups is 1. The van der Waals surface area contributed by atoms with Gasteiger partial charge in [0.2, 0.25) is 0 Å². The molecule has 0 aromatic carbocycles. The maximum absolute atomic E-state index is 5.75. The summed E-state index contributed by atoms with van der Waals surface area (Å²) in [5.41, 5.74) is 3.55. The van der Waals surface area contributed by atoms with Crippen LogP contribution >= 0.6 is 11.6 Å². The average molecular weight is 134 g/mol. The number of halogens is 1. The number of hydrazine groups is 1. The lowest BCUT2D eigenvalue weighted by molar-refractivity contribution is 0.282. The van der Waals surface area contributed by atoms with Crippen molar-refractivity contribution < 1.29 is 0 Å². The Kier molecular flexibility index (Phi) is 1.40. The van der Waals surface area contributed by atoms with Crippen LogP contribution in [0.5, 0.6) is 0 Å². The van der Waals surface area contributed by atoms with Gasteiger partial charge in [-0.05, 0) is 6.92 Å². The van der Waals surface area contributed by atoms with Crippen molar-refractivity contribution >= 4 is 17.3 Å². The fourth-order valence-electron chi connectivity index (χ4n) is 0.542. The zero-order chi connectivity index (χ0) is 6.15. The highest BCUT2D eigenvalue weighted by molar-refractivity contribution is 6.31. The van der Waals surface area contributed by atoms with Crippen LogP contribution in [0.4, 0.5) is 0 Å². The van der Waals surface area contributed by atoms with Gasteiger partial charge in [-0.15, -0.1) is 0 Å². The Morgan fingerprint density at radius 3 is 2.62 bits per heavy atom. The molecule has 0 saturated carbocycles. The maximum Gasteiger partial charge on any atom is 0.143 e. The summed E-state index contributed by atoms with van der Waals surface area (Å²) in [6.07, 6.45) is 0. The number of hydrogen-bond acceptors (Lipinski definition) is 3. The van der Waals surface area contributed by atoms with Crippen molar-refractivity contribution in [2.75, 3.05) is 7.05 Å². The number of alkyl halides is 1. The minimum atomic E-state index is -0.0741. The van der Waals surface area contributed by atoms with E-state index in [1.165, 1.54) is 0 Å². The van der Waals surface area contributed by atoms with Gasteiger partial charge in [-0.2, -0.15) is 10.1 Å². The van der Waals surface area contributed by atoms with Crippen LogP contribution in [0.1, 0.15) is 6.92 Å². The Balaban J connectivity index is 2.59. The number of nitrogens with one attached hydrogen (secondary N) is 1. The van der Waals surface area contributed by atoms with Gasteiger partial charge in [0.15, 0.2) is 0 Å². The van der Waals surface area contributed by atoms with Gasteiger partial charge < -0.3 is 0 Å². The van der Waals surface area contributed by atoms with Crippen molar-refractivity contribution in [1.29, 1.82) is 0 Å². The van der Waals surface area contributed by atoms with Gasteiger partial charge in [-0.1, -0.05) is 11.6 Å². The molecule has 1 unspecified atom stereocenters. The van der Waals surface area contributed by atoms with Gasteiger partial charge in [0.05, 0.1) is 5.71 Å². The quantitative estimate of drug-likeness (QED) is 0.382. The van der Waals surface area contributed by atoms with E-state index in [0.717, 1.165) is 5.71 Å². The molecule has 0 aromatic heterocycles. The topological polar surface area (TPSA) is 27.6 Å². The van der Waals surface area contributed by atoms with Gasteiger partial charge in [0, 0.05) is 7.05 Å². The Labute approximate surface area is 53.3 Å². The van der Waals surface area contributed by atoms with Crippen LogP contribution in [-0.4, -0.2) is 23.3 Å². The molecule has 46 valence electrons. The molecule has 1 aliphatic heterocycles. The van der Waals surface area contributed by atoms with E-state index in [1.54, 1.807) is 5.01 Å². The van der Waals surface area contributed by atoms with E-state index in [4.69, 9.17) is 11.6 Å². The highest BCUT2D eigenvalue weighted by Crippen LogP contribution is 2.06. The molecular weight excluding hydrogens is 126 g/mol. The normalized spacial score (nSPS) is 29.9.